The van der Waals surface area contributed by atoms with E-state index in [1.54, 1.807) is 13.0 Å². The molecule has 0 amide bonds. The number of hydrogen-bond donors (Lipinski definition) is 0. The molecule has 1 aromatic carbocycles. The van der Waals surface area contributed by atoms with Crippen molar-refractivity contribution < 1.29 is 14.5 Å². The van der Waals surface area contributed by atoms with E-state index in [4.69, 9.17) is 4.74 Å². The van der Waals surface area contributed by atoms with Crippen LogP contribution in [-0.4, -0.2) is 16.8 Å². The van der Waals surface area contributed by atoms with E-state index in [-0.39, 0.29) is 17.6 Å². The first-order chi connectivity index (χ1) is 8.56. The van der Waals surface area contributed by atoms with Crippen LogP contribution in [0.5, 0.6) is 5.75 Å². The zero-order chi connectivity index (χ0) is 13.1. The maximum absolute atomic E-state index is 11.3. The van der Waals surface area contributed by atoms with Gasteiger partial charge < -0.3 is 4.74 Å². The first-order valence-electron chi connectivity index (χ1n) is 5.99. The number of carbonyl (C=O) groups is 1. The van der Waals surface area contributed by atoms with Gasteiger partial charge in [0.15, 0.2) is 0 Å². The van der Waals surface area contributed by atoms with E-state index in [1.807, 2.05) is 0 Å². The second-order valence-corrected chi connectivity index (χ2v) is 4.58. The van der Waals surface area contributed by atoms with Gasteiger partial charge in [0.05, 0.1) is 4.92 Å². The minimum absolute atomic E-state index is 0.0552. The number of carbonyl (C=O) groups excluding carboxylic acids is 1. The molecule has 5 heteroatoms. The van der Waals surface area contributed by atoms with Gasteiger partial charge in [-0.15, -0.1) is 0 Å². The average molecular weight is 249 g/mol. The summed E-state index contributed by atoms with van der Waals surface area (Å²) in [6.45, 7) is 1.77. The summed E-state index contributed by atoms with van der Waals surface area (Å²) in [5, 5.41) is 10.6. The monoisotopic (exact) mass is 249 g/mol. The third kappa shape index (κ3) is 2.85. The standard InChI is InChI=1S/C13H15NO4/c1-9-7-10(14(16)17)5-6-13(9)18-12-4-2-3-11(15)8-12/h5-7,12H,2-4,8H2,1H3. The number of nitro groups is 1. The normalized spacial score (nSPS) is 19.6. The van der Waals surface area contributed by atoms with E-state index in [1.165, 1.54) is 12.1 Å². The van der Waals surface area contributed by atoms with Gasteiger partial charge in [0, 0.05) is 25.0 Å². The van der Waals surface area contributed by atoms with Gasteiger partial charge in [0.2, 0.25) is 0 Å². The highest BCUT2D eigenvalue weighted by atomic mass is 16.6. The highest BCUT2D eigenvalue weighted by molar-refractivity contribution is 5.79. The van der Waals surface area contributed by atoms with Crippen LogP contribution in [0.1, 0.15) is 31.2 Å². The Hall–Kier alpha value is -1.91. The van der Waals surface area contributed by atoms with Crippen LogP contribution in [0.25, 0.3) is 0 Å². The second kappa shape index (κ2) is 5.16. The van der Waals surface area contributed by atoms with Crippen molar-refractivity contribution in [2.45, 2.75) is 38.7 Å². The third-order valence-corrected chi connectivity index (χ3v) is 3.10. The summed E-state index contributed by atoms with van der Waals surface area (Å²) in [6.07, 6.45) is 2.71. The molecule has 5 nitrogen and oxygen atoms in total. The minimum Gasteiger partial charge on any atom is -0.490 e. The van der Waals surface area contributed by atoms with Crippen LogP contribution >= 0.6 is 0 Å². The first-order valence-corrected chi connectivity index (χ1v) is 5.99. The fraction of sp³-hybridized carbons (Fsp3) is 0.462. The molecule has 1 saturated carbocycles. The second-order valence-electron chi connectivity index (χ2n) is 4.58. The molecule has 1 fully saturated rings. The van der Waals surface area contributed by atoms with Gasteiger partial charge >= 0.3 is 0 Å². The van der Waals surface area contributed by atoms with Crippen molar-refractivity contribution in [2.24, 2.45) is 0 Å². The highest BCUT2D eigenvalue weighted by Gasteiger charge is 2.21. The zero-order valence-electron chi connectivity index (χ0n) is 10.2. The lowest BCUT2D eigenvalue weighted by Gasteiger charge is -2.23. The van der Waals surface area contributed by atoms with Crippen molar-refractivity contribution in [3.05, 3.63) is 33.9 Å². The molecule has 0 aromatic heterocycles. The van der Waals surface area contributed by atoms with Gasteiger partial charge in [-0.2, -0.15) is 0 Å². The number of ether oxygens (including phenoxy) is 1. The molecular weight excluding hydrogens is 234 g/mol. The van der Waals surface area contributed by atoms with Gasteiger partial charge in [-0.3, -0.25) is 14.9 Å². The first kappa shape index (κ1) is 12.5. The molecule has 2 rings (SSSR count). The van der Waals surface area contributed by atoms with Gasteiger partial charge in [-0.05, 0) is 31.4 Å². The van der Waals surface area contributed by atoms with E-state index in [9.17, 15) is 14.9 Å². The Morgan fingerprint density at radius 2 is 2.22 bits per heavy atom. The Bertz CT molecular complexity index is 484. The zero-order valence-corrected chi connectivity index (χ0v) is 10.2. The number of non-ortho nitro benzene ring substituents is 1. The summed E-state index contributed by atoms with van der Waals surface area (Å²) in [7, 11) is 0. The predicted octanol–water partition coefficient (Wildman–Crippen LogP) is 2.79. The van der Waals surface area contributed by atoms with Crippen LogP contribution in [0.2, 0.25) is 0 Å². The number of Topliss-reactive ketones (excluding diaryl/α,β-unsaturated/α-hetero) is 1. The molecular formula is C13H15NO4. The van der Waals surface area contributed by atoms with Gasteiger partial charge in [0.1, 0.15) is 17.6 Å². The number of nitrogens with zero attached hydrogens (tertiary/aromatic N) is 1. The maximum atomic E-state index is 11.3. The van der Waals surface area contributed by atoms with Crippen molar-refractivity contribution >= 4 is 11.5 Å². The molecule has 18 heavy (non-hydrogen) atoms. The highest BCUT2D eigenvalue weighted by Crippen LogP contribution is 2.27. The molecule has 96 valence electrons. The molecule has 1 atom stereocenters. The molecule has 0 heterocycles. The molecule has 0 aliphatic heterocycles. The van der Waals surface area contributed by atoms with Crippen molar-refractivity contribution in [1.29, 1.82) is 0 Å². The summed E-state index contributed by atoms with van der Waals surface area (Å²) in [6, 6.07) is 4.51. The molecule has 1 aromatic rings. The van der Waals surface area contributed by atoms with E-state index in [0.717, 1.165) is 18.4 Å². The Morgan fingerprint density at radius 1 is 1.44 bits per heavy atom. The van der Waals surface area contributed by atoms with Crippen molar-refractivity contribution in [1.82, 2.24) is 0 Å². The summed E-state index contributed by atoms with van der Waals surface area (Å²) in [5.41, 5.74) is 0.779. The molecule has 1 aliphatic rings. The summed E-state index contributed by atoms with van der Waals surface area (Å²) < 4.78 is 5.75. The fourth-order valence-electron chi connectivity index (χ4n) is 2.14. The van der Waals surface area contributed by atoms with Gasteiger partial charge in [-0.1, -0.05) is 0 Å². The number of ketones is 1. The van der Waals surface area contributed by atoms with Crippen molar-refractivity contribution in [2.75, 3.05) is 0 Å². The predicted molar refractivity (Wildman–Crippen MR) is 65.7 cm³/mol. The lowest BCUT2D eigenvalue weighted by Crippen LogP contribution is -2.25. The Labute approximate surface area is 105 Å². The average Bonchev–Trinajstić information content (AvgIpc) is 2.31. The lowest BCUT2D eigenvalue weighted by molar-refractivity contribution is -0.384. The summed E-state index contributed by atoms with van der Waals surface area (Å²) >= 11 is 0. The van der Waals surface area contributed by atoms with Crippen LogP contribution in [-0.2, 0) is 4.79 Å². The Balaban J connectivity index is 2.09. The number of benzene rings is 1. The minimum atomic E-state index is -0.430. The van der Waals surface area contributed by atoms with Crippen molar-refractivity contribution in [3.63, 3.8) is 0 Å². The van der Waals surface area contributed by atoms with E-state index >= 15 is 0 Å². The Morgan fingerprint density at radius 3 is 2.83 bits per heavy atom. The number of aryl methyl sites for hydroxylation is 1. The maximum Gasteiger partial charge on any atom is 0.269 e. The van der Waals surface area contributed by atoms with Gasteiger partial charge in [0.25, 0.3) is 5.69 Å². The van der Waals surface area contributed by atoms with E-state index in [0.29, 0.717) is 18.6 Å². The van der Waals surface area contributed by atoms with Crippen LogP contribution in [0.15, 0.2) is 18.2 Å². The molecule has 0 saturated heterocycles. The molecule has 0 N–H and O–H groups in total. The molecule has 1 unspecified atom stereocenters. The SMILES string of the molecule is Cc1cc([N+](=O)[O-])ccc1OC1CCCC(=O)C1. The molecule has 0 bridgehead atoms. The number of nitro benzene ring substituents is 1. The summed E-state index contributed by atoms with van der Waals surface area (Å²) in [4.78, 5) is 21.5. The van der Waals surface area contributed by atoms with E-state index in [2.05, 4.69) is 0 Å². The van der Waals surface area contributed by atoms with Crippen LogP contribution < -0.4 is 4.74 Å². The van der Waals surface area contributed by atoms with Crippen LogP contribution in [0, 0.1) is 17.0 Å². The summed E-state index contributed by atoms with van der Waals surface area (Å²) in [5.74, 6) is 0.853. The largest absolute Gasteiger partial charge is 0.490 e. The van der Waals surface area contributed by atoms with Crippen LogP contribution in [0.4, 0.5) is 5.69 Å². The lowest BCUT2D eigenvalue weighted by atomic mass is 9.96. The van der Waals surface area contributed by atoms with Gasteiger partial charge in [-0.25, -0.2) is 0 Å². The Kier molecular flexibility index (Phi) is 3.60. The van der Waals surface area contributed by atoms with E-state index < -0.39 is 4.92 Å². The topological polar surface area (TPSA) is 69.4 Å². The molecule has 0 radical (unpaired) electrons. The van der Waals surface area contributed by atoms with Crippen LogP contribution in [0.3, 0.4) is 0 Å². The smallest absolute Gasteiger partial charge is 0.269 e. The fourth-order valence-corrected chi connectivity index (χ4v) is 2.14. The quantitative estimate of drug-likeness (QED) is 0.610. The van der Waals surface area contributed by atoms with Crippen molar-refractivity contribution in [3.8, 4) is 5.75 Å². The number of hydrogen-bond acceptors (Lipinski definition) is 4. The number of rotatable bonds is 3. The molecule has 0 spiro atoms. The molecule has 1 aliphatic carbocycles. The third-order valence-electron chi connectivity index (χ3n) is 3.10.